The molecule has 1 aromatic heterocycles. The molecule has 26 heavy (non-hydrogen) atoms. The first kappa shape index (κ1) is 17.5. The molecular formula is C20H28N4O2. The summed E-state index contributed by atoms with van der Waals surface area (Å²) in [6.45, 7) is 9.42. The molecule has 1 saturated carbocycles. The molecule has 0 N–H and O–H groups in total. The van der Waals surface area contributed by atoms with Crippen molar-refractivity contribution in [2.24, 2.45) is 0 Å². The van der Waals surface area contributed by atoms with Gasteiger partial charge in [0, 0.05) is 19.1 Å². The van der Waals surface area contributed by atoms with E-state index in [0.29, 0.717) is 12.6 Å². The van der Waals surface area contributed by atoms with Crippen molar-refractivity contribution in [2.45, 2.75) is 57.9 Å². The maximum Gasteiger partial charge on any atom is 0.147 e. The average molecular weight is 356 g/mol. The minimum absolute atomic E-state index is 0.0392. The van der Waals surface area contributed by atoms with Crippen LogP contribution in [0.4, 0.5) is 0 Å². The van der Waals surface area contributed by atoms with Gasteiger partial charge >= 0.3 is 0 Å². The van der Waals surface area contributed by atoms with Gasteiger partial charge in [0.1, 0.15) is 30.1 Å². The first-order chi connectivity index (χ1) is 12.5. The van der Waals surface area contributed by atoms with Gasteiger partial charge in [-0.05, 0) is 45.7 Å². The number of ether oxygens (including phenoxy) is 2. The largest absolute Gasteiger partial charge is 0.491 e. The van der Waals surface area contributed by atoms with Crippen LogP contribution in [0, 0.1) is 6.92 Å². The molecule has 1 saturated heterocycles. The molecule has 1 aromatic carbocycles. The van der Waals surface area contributed by atoms with E-state index in [1.54, 1.807) is 0 Å². The van der Waals surface area contributed by atoms with E-state index in [-0.39, 0.29) is 11.7 Å². The zero-order chi connectivity index (χ0) is 18.1. The van der Waals surface area contributed by atoms with E-state index in [4.69, 9.17) is 9.47 Å². The van der Waals surface area contributed by atoms with Crippen molar-refractivity contribution in [1.29, 1.82) is 0 Å². The lowest BCUT2D eigenvalue weighted by molar-refractivity contribution is -0.148. The number of aromatic nitrogens is 3. The van der Waals surface area contributed by atoms with Crippen LogP contribution in [-0.4, -0.2) is 51.1 Å². The van der Waals surface area contributed by atoms with Crippen molar-refractivity contribution in [3.05, 3.63) is 42.0 Å². The van der Waals surface area contributed by atoms with Crippen molar-refractivity contribution in [2.75, 3.05) is 19.7 Å². The quantitative estimate of drug-likeness (QED) is 0.796. The normalized spacial score (nSPS) is 23.1. The highest BCUT2D eigenvalue weighted by Crippen LogP contribution is 2.36. The Morgan fingerprint density at radius 2 is 1.96 bits per heavy atom. The molecule has 0 bridgehead atoms. The third-order valence-electron chi connectivity index (χ3n) is 4.94. The number of morpholine rings is 1. The van der Waals surface area contributed by atoms with Gasteiger partial charge in [-0.2, -0.15) is 0 Å². The minimum atomic E-state index is -0.206. The smallest absolute Gasteiger partial charge is 0.147 e. The molecule has 2 aliphatic rings. The topological polar surface area (TPSA) is 52.4 Å². The zero-order valence-corrected chi connectivity index (χ0v) is 15.9. The van der Waals surface area contributed by atoms with Crippen LogP contribution >= 0.6 is 0 Å². The van der Waals surface area contributed by atoms with E-state index < -0.39 is 0 Å². The molecule has 0 unspecified atom stereocenters. The molecule has 140 valence electrons. The highest BCUT2D eigenvalue weighted by Gasteiger charge is 2.35. The maximum absolute atomic E-state index is 6.25. The number of nitrogens with zero attached hydrogens (tertiary/aromatic N) is 4. The van der Waals surface area contributed by atoms with E-state index in [0.717, 1.165) is 37.0 Å². The van der Waals surface area contributed by atoms with Crippen LogP contribution < -0.4 is 4.74 Å². The van der Waals surface area contributed by atoms with Gasteiger partial charge in [0.05, 0.1) is 12.1 Å². The highest BCUT2D eigenvalue weighted by molar-refractivity contribution is 5.21. The second-order valence-electron chi connectivity index (χ2n) is 8.06. The number of hydrogen-bond acceptors (Lipinski definition) is 5. The van der Waals surface area contributed by atoms with Gasteiger partial charge < -0.3 is 14.0 Å². The molecule has 0 radical (unpaired) electrons. The van der Waals surface area contributed by atoms with Gasteiger partial charge in [-0.25, -0.2) is 0 Å². The molecule has 6 nitrogen and oxygen atoms in total. The van der Waals surface area contributed by atoms with Crippen molar-refractivity contribution >= 4 is 0 Å². The van der Waals surface area contributed by atoms with Gasteiger partial charge in [0.25, 0.3) is 0 Å². The molecule has 1 aliphatic heterocycles. The van der Waals surface area contributed by atoms with E-state index in [1.807, 2.05) is 30.3 Å². The Morgan fingerprint density at radius 1 is 1.19 bits per heavy atom. The minimum Gasteiger partial charge on any atom is -0.491 e. The summed E-state index contributed by atoms with van der Waals surface area (Å²) in [4.78, 5) is 2.42. The van der Waals surface area contributed by atoms with Crippen LogP contribution in [-0.2, 0) is 11.3 Å². The zero-order valence-electron chi connectivity index (χ0n) is 15.9. The molecule has 1 aliphatic carbocycles. The highest BCUT2D eigenvalue weighted by atomic mass is 16.5. The number of benzene rings is 1. The fourth-order valence-corrected chi connectivity index (χ4v) is 3.86. The first-order valence-electron chi connectivity index (χ1n) is 9.48. The maximum atomic E-state index is 6.25. The summed E-state index contributed by atoms with van der Waals surface area (Å²) in [5.41, 5.74) is -0.206. The van der Waals surface area contributed by atoms with E-state index in [1.165, 1.54) is 12.8 Å². The summed E-state index contributed by atoms with van der Waals surface area (Å²) in [5.74, 6) is 2.99. The molecule has 0 amide bonds. The summed E-state index contributed by atoms with van der Waals surface area (Å²) in [6, 6.07) is 10.5. The van der Waals surface area contributed by atoms with Gasteiger partial charge in [-0.3, -0.25) is 4.90 Å². The van der Waals surface area contributed by atoms with Crippen LogP contribution in [0.2, 0.25) is 0 Å². The summed E-state index contributed by atoms with van der Waals surface area (Å²) in [7, 11) is 0. The Balaban J connectivity index is 1.41. The summed E-state index contributed by atoms with van der Waals surface area (Å²) < 4.78 is 14.5. The second kappa shape index (κ2) is 7.00. The number of rotatable bonds is 6. The van der Waals surface area contributed by atoms with Gasteiger partial charge in [0.15, 0.2) is 0 Å². The van der Waals surface area contributed by atoms with Crippen molar-refractivity contribution < 1.29 is 9.47 Å². The fraction of sp³-hybridized carbons (Fsp3) is 0.600. The van der Waals surface area contributed by atoms with Crippen LogP contribution in [0.1, 0.15) is 44.4 Å². The predicted octanol–water partition coefficient (Wildman–Crippen LogP) is 2.98. The van der Waals surface area contributed by atoms with Crippen LogP contribution in [0.5, 0.6) is 5.75 Å². The molecule has 6 heteroatoms. The molecule has 2 fully saturated rings. The molecule has 0 spiro atoms. The van der Waals surface area contributed by atoms with Crippen molar-refractivity contribution in [3.8, 4) is 5.75 Å². The summed E-state index contributed by atoms with van der Waals surface area (Å²) in [6.07, 6.45) is 2.53. The van der Waals surface area contributed by atoms with E-state index >= 15 is 0 Å². The Kier molecular flexibility index (Phi) is 4.71. The van der Waals surface area contributed by atoms with Gasteiger partial charge in [0.2, 0.25) is 0 Å². The Labute approximate surface area is 155 Å². The number of para-hydroxylation sites is 1. The van der Waals surface area contributed by atoms with Crippen LogP contribution in [0.15, 0.2) is 30.3 Å². The lowest BCUT2D eigenvalue weighted by atomic mass is 10.1. The molecule has 1 atom stereocenters. The molecule has 2 aromatic rings. The number of hydrogen-bond donors (Lipinski definition) is 0. The first-order valence-corrected chi connectivity index (χ1v) is 9.48. The predicted molar refractivity (Wildman–Crippen MR) is 99.2 cm³/mol. The third kappa shape index (κ3) is 4.07. The standard InChI is InChI=1S/C20H28N4O2/c1-15-21-22-19(24(15)16-9-10-16)12-23-11-18(26-20(2,3)14-23)13-25-17-7-5-4-6-8-17/h4-8,16,18H,9-14H2,1-3H3/t18-/m0/s1. The van der Waals surface area contributed by atoms with Gasteiger partial charge in [-0.1, -0.05) is 18.2 Å². The summed E-state index contributed by atoms with van der Waals surface area (Å²) >= 11 is 0. The van der Waals surface area contributed by atoms with E-state index in [2.05, 4.69) is 40.4 Å². The summed E-state index contributed by atoms with van der Waals surface area (Å²) in [5, 5.41) is 8.74. The Morgan fingerprint density at radius 3 is 2.69 bits per heavy atom. The lowest BCUT2D eigenvalue weighted by Crippen LogP contribution is -2.54. The van der Waals surface area contributed by atoms with Crippen LogP contribution in [0.25, 0.3) is 0 Å². The fourth-order valence-electron chi connectivity index (χ4n) is 3.86. The van der Waals surface area contributed by atoms with Crippen molar-refractivity contribution in [1.82, 2.24) is 19.7 Å². The van der Waals surface area contributed by atoms with Crippen LogP contribution in [0.3, 0.4) is 0 Å². The Hall–Kier alpha value is -1.92. The third-order valence-corrected chi connectivity index (χ3v) is 4.94. The molecule has 4 rings (SSSR count). The van der Waals surface area contributed by atoms with Gasteiger partial charge in [-0.15, -0.1) is 10.2 Å². The van der Waals surface area contributed by atoms with E-state index in [9.17, 15) is 0 Å². The molecule has 2 heterocycles. The lowest BCUT2D eigenvalue weighted by Gasteiger charge is -2.42. The second-order valence-corrected chi connectivity index (χ2v) is 8.06. The monoisotopic (exact) mass is 356 g/mol. The SMILES string of the molecule is Cc1nnc(CN2C[C@@H](COc3ccccc3)OC(C)(C)C2)n1C1CC1. The Bertz CT molecular complexity index is 740. The average Bonchev–Trinajstić information content (AvgIpc) is 3.37. The number of aryl methyl sites for hydroxylation is 1. The van der Waals surface area contributed by atoms with Crippen molar-refractivity contribution in [3.63, 3.8) is 0 Å². The molecular weight excluding hydrogens is 328 g/mol.